The Hall–Kier alpha value is 0.640. The van der Waals surface area contributed by atoms with Crippen molar-refractivity contribution in [2.45, 2.75) is 5.56 Å². The molecule has 0 aromatic heterocycles. The molecule has 2 nitrogen and oxygen atoms in total. The van der Waals surface area contributed by atoms with Gasteiger partial charge in [-0.15, -0.1) is 0 Å². The molecule has 0 spiro atoms. The molecule has 6 heavy (non-hydrogen) atoms. The molecule has 0 saturated carbocycles. The Morgan fingerprint density at radius 1 is 2.00 bits per heavy atom. The van der Waals surface area contributed by atoms with Gasteiger partial charge in [-0.25, -0.2) is 0 Å². The van der Waals surface area contributed by atoms with Gasteiger partial charge in [0.1, 0.15) is 0 Å². The van der Waals surface area contributed by atoms with Crippen LogP contribution in [-0.4, -0.2) is 17.3 Å². The van der Waals surface area contributed by atoms with Crippen LogP contribution < -0.4 is 0 Å². The monoisotopic (exact) mass is 128 g/mol. The highest BCUT2D eigenvalue weighted by molar-refractivity contribution is 7.09. The van der Waals surface area contributed by atoms with Gasteiger partial charge in [0, 0.05) is 9.47 Å². The maximum absolute atomic E-state index is 8.18. The van der Waals surface area contributed by atoms with Crippen molar-refractivity contribution in [3.8, 4) is 0 Å². The smallest absolute Gasteiger partial charge is 0.151 e. The molecule has 0 rings (SSSR count). The van der Waals surface area contributed by atoms with Crippen LogP contribution in [0.4, 0.5) is 0 Å². The number of halogens is 1. The Morgan fingerprint density at radius 3 is 2.50 bits per heavy atom. The van der Waals surface area contributed by atoms with E-state index in [0.717, 1.165) is 0 Å². The zero-order chi connectivity index (χ0) is 4.99. The number of hydrogen-bond acceptors (Lipinski definition) is 2. The Bertz CT molecular complexity index is 32.7. The Balaban J connectivity index is 2.63. The first-order chi connectivity index (χ1) is 2.77. The standard InChI is InChI=1S/C2H6ClO2P/c3-2(4)1-5-6/h2,4H,1,6H2. The van der Waals surface area contributed by atoms with Gasteiger partial charge in [-0.3, -0.25) is 0 Å². The van der Waals surface area contributed by atoms with Gasteiger partial charge in [-0.2, -0.15) is 0 Å². The van der Waals surface area contributed by atoms with E-state index >= 15 is 0 Å². The fraction of sp³-hybridized carbons (Fsp3) is 1.00. The van der Waals surface area contributed by atoms with Crippen LogP contribution in [0, 0.1) is 0 Å². The molecular formula is C2H6ClO2P. The zero-order valence-corrected chi connectivity index (χ0v) is 5.01. The van der Waals surface area contributed by atoms with E-state index in [1.54, 1.807) is 0 Å². The molecule has 0 aromatic rings. The highest BCUT2D eigenvalue weighted by Gasteiger charge is 1.90. The normalized spacial score (nSPS) is 14.5. The van der Waals surface area contributed by atoms with Gasteiger partial charge in [0.2, 0.25) is 0 Å². The van der Waals surface area contributed by atoms with Crippen molar-refractivity contribution in [3.05, 3.63) is 0 Å². The predicted molar refractivity (Wildman–Crippen MR) is 27.5 cm³/mol. The average molecular weight is 128 g/mol. The molecule has 38 valence electrons. The maximum atomic E-state index is 8.18. The Labute approximate surface area is 43.7 Å². The summed E-state index contributed by atoms with van der Waals surface area (Å²) in [6.45, 7) is 0.159. The molecular weight excluding hydrogens is 122 g/mol. The summed E-state index contributed by atoms with van der Waals surface area (Å²) in [4.78, 5) is 0. The summed E-state index contributed by atoms with van der Waals surface area (Å²) in [5, 5.41) is 8.18. The van der Waals surface area contributed by atoms with E-state index in [2.05, 4.69) is 4.52 Å². The zero-order valence-electron chi connectivity index (χ0n) is 3.10. The second-order valence-corrected chi connectivity index (χ2v) is 1.60. The third-order valence-corrected chi connectivity index (χ3v) is 0.552. The van der Waals surface area contributed by atoms with Crippen LogP contribution in [0.1, 0.15) is 0 Å². The Morgan fingerprint density at radius 2 is 2.50 bits per heavy atom. The molecule has 0 aromatic carbocycles. The van der Waals surface area contributed by atoms with Crippen molar-refractivity contribution in [3.63, 3.8) is 0 Å². The van der Waals surface area contributed by atoms with Crippen molar-refractivity contribution >= 4 is 21.1 Å². The molecule has 0 aliphatic rings. The molecule has 2 unspecified atom stereocenters. The number of aliphatic hydroxyl groups excluding tert-OH is 1. The lowest BCUT2D eigenvalue weighted by Crippen LogP contribution is -2.01. The lowest BCUT2D eigenvalue weighted by atomic mass is 10.8. The molecule has 0 heterocycles. The summed E-state index contributed by atoms with van der Waals surface area (Å²) < 4.78 is 4.34. The summed E-state index contributed by atoms with van der Waals surface area (Å²) >= 11 is 5.00. The predicted octanol–water partition coefficient (Wildman–Crippen LogP) is 0.350. The molecule has 0 radical (unpaired) electrons. The number of hydrogen-bond donors (Lipinski definition) is 1. The van der Waals surface area contributed by atoms with Gasteiger partial charge in [0.15, 0.2) is 5.56 Å². The molecule has 2 atom stereocenters. The minimum absolute atomic E-state index is 0.159. The van der Waals surface area contributed by atoms with Crippen LogP contribution in [0.25, 0.3) is 0 Å². The van der Waals surface area contributed by atoms with E-state index < -0.39 is 5.56 Å². The van der Waals surface area contributed by atoms with Gasteiger partial charge in [0.25, 0.3) is 0 Å². The first kappa shape index (κ1) is 6.64. The maximum Gasteiger partial charge on any atom is 0.151 e. The molecule has 1 N–H and O–H groups in total. The minimum Gasteiger partial charge on any atom is -0.375 e. The molecule has 0 bridgehead atoms. The first-order valence-electron chi connectivity index (χ1n) is 1.41. The second-order valence-electron chi connectivity index (χ2n) is 0.768. The molecule has 0 aliphatic heterocycles. The summed E-state index contributed by atoms with van der Waals surface area (Å²) in [6, 6.07) is 0. The van der Waals surface area contributed by atoms with Crippen LogP contribution in [0.5, 0.6) is 0 Å². The SMILES string of the molecule is OC(Cl)COP. The van der Waals surface area contributed by atoms with E-state index in [1.807, 2.05) is 9.47 Å². The van der Waals surface area contributed by atoms with Crippen molar-refractivity contribution < 1.29 is 9.63 Å². The summed E-state index contributed by atoms with van der Waals surface area (Å²) in [5.41, 5.74) is -0.873. The lowest BCUT2D eigenvalue weighted by Gasteiger charge is -1.94. The van der Waals surface area contributed by atoms with Crippen LogP contribution in [0.3, 0.4) is 0 Å². The summed E-state index contributed by atoms with van der Waals surface area (Å²) in [7, 11) is 1.98. The third-order valence-electron chi connectivity index (χ3n) is 0.234. The van der Waals surface area contributed by atoms with Gasteiger partial charge in [-0.05, 0) is 0 Å². The molecule has 0 aliphatic carbocycles. The van der Waals surface area contributed by atoms with Gasteiger partial charge < -0.3 is 9.63 Å². The average Bonchev–Trinajstić information content (AvgIpc) is 1.35. The largest absolute Gasteiger partial charge is 0.375 e. The van der Waals surface area contributed by atoms with Crippen LogP contribution in [-0.2, 0) is 4.52 Å². The van der Waals surface area contributed by atoms with Crippen LogP contribution in [0.2, 0.25) is 0 Å². The van der Waals surface area contributed by atoms with E-state index in [0.29, 0.717) is 0 Å². The summed E-state index contributed by atoms with van der Waals surface area (Å²) in [6.07, 6.45) is 0. The third kappa shape index (κ3) is 4.64. The fourth-order valence-corrected chi connectivity index (χ4v) is 0.456. The second kappa shape index (κ2) is 3.82. The molecule has 0 saturated heterocycles. The first-order valence-corrected chi connectivity index (χ1v) is 2.32. The highest BCUT2D eigenvalue weighted by atomic mass is 35.5. The van der Waals surface area contributed by atoms with Crippen molar-refractivity contribution in [2.75, 3.05) is 6.61 Å². The molecule has 0 fully saturated rings. The van der Waals surface area contributed by atoms with E-state index in [9.17, 15) is 0 Å². The summed E-state index contributed by atoms with van der Waals surface area (Å²) in [5.74, 6) is 0. The number of aliphatic hydroxyl groups is 1. The van der Waals surface area contributed by atoms with E-state index in [4.69, 9.17) is 16.7 Å². The fourth-order valence-electron chi connectivity index (χ4n) is 0.0794. The molecule has 4 heteroatoms. The number of alkyl halides is 1. The van der Waals surface area contributed by atoms with Crippen molar-refractivity contribution in [1.82, 2.24) is 0 Å². The van der Waals surface area contributed by atoms with Crippen molar-refractivity contribution in [1.29, 1.82) is 0 Å². The highest BCUT2D eigenvalue weighted by Crippen LogP contribution is 1.92. The number of rotatable bonds is 2. The molecule has 0 amide bonds. The van der Waals surface area contributed by atoms with Crippen LogP contribution in [0.15, 0.2) is 0 Å². The van der Waals surface area contributed by atoms with Gasteiger partial charge in [0.05, 0.1) is 6.61 Å². The van der Waals surface area contributed by atoms with Crippen molar-refractivity contribution in [2.24, 2.45) is 0 Å². The van der Waals surface area contributed by atoms with E-state index in [-0.39, 0.29) is 6.61 Å². The van der Waals surface area contributed by atoms with Crippen LogP contribution >= 0.6 is 21.1 Å². The van der Waals surface area contributed by atoms with E-state index in [1.165, 1.54) is 0 Å². The van der Waals surface area contributed by atoms with Gasteiger partial charge in [-0.1, -0.05) is 11.6 Å². The Kier molecular flexibility index (Phi) is 4.22. The van der Waals surface area contributed by atoms with Gasteiger partial charge >= 0.3 is 0 Å². The lowest BCUT2D eigenvalue weighted by molar-refractivity contribution is 0.185. The minimum atomic E-state index is -0.873. The topological polar surface area (TPSA) is 29.5 Å². The quantitative estimate of drug-likeness (QED) is 0.430.